The molecule has 38 heavy (non-hydrogen) atoms. The van der Waals surface area contributed by atoms with E-state index in [-0.39, 0.29) is 5.91 Å². The van der Waals surface area contributed by atoms with E-state index in [1.54, 1.807) is 0 Å². The zero-order chi connectivity index (χ0) is 25.9. The number of rotatable bonds is 7. The first-order chi connectivity index (χ1) is 18.6. The second-order valence-electron chi connectivity index (χ2n) is 10.9. The van der Waals surface area contributed by atoms with Crippen molar-refractivity contribution in [3.05, 3.63) is 78.0 Å². The Morgan fingerprint density at radius 3 is 2.50 bits per heavy atom. The molecule has 3 aromatic carbocycles. The van der Waals surface area contributed by atoms with Gasteiger partial charge in [0.1, 0.15) is 11.4 Å². The highest BCUT2D eigenvalue weighted by atomic mass is 16.5. The van der Waals surface area contributed by atoms with Crippen LogP contribution in [0.2, 0.25) is 0 Å². The van der Waals surface area contributed by atoms with E-state index in [0.29, 0.717) is 18.2 Å². The summed E-state index contributed by atoms with van der Waals surface area (Å²) >= 11 is 0. The number of benzene rings is 3. The number of likely N-dealkylation sites (tertiary alicyclic amines) is 1. The van der Waals surface area contributed by atoms with Crippen LogP contribution in [0.5, 0.6) is 5.75 Å². The standard InChI is InChI=1S/C32H38N4O2/c1-34-17-19-36(20-18-34)32(37)30-23-28-29(33-30)8-4-9-31(28)38-21-5-14-35-15-12-25(13-16-35)27-11-10-24-6-2-3-7-26(24)22-27/h2-4,6-11,22-23,25,33H,5,12-21H2,1H3. The minimum Gasteiger partial charge on any atom is -0.493 e. The molecular formula is C32H38N4O2. The van der Waals surface area contributed by atoms with Gasteiger partial charge in [-0.05, 0) is 79.9 Å². The van der Waals surface area contributed by atoms with E-state index in [0.717, 1.165) is 68.9 Å². The maximum atomic E-state index is 13.0. The van der Waals surface area contributed by atoms with Crippen molar-refractivity contribution in [2.75, 3.05) is 59.5 Å². The number of fused-ring (bicyclic) bond motifs is 2. The molecule has 6 heteroatoms. The first-order valence-corrected chi connectivity index (χ1v) is 14.1. The van der Waals surface area contributed by atoms with Gasteiger partial charge in [-0.15, -0.1) is 0 Å². The van der Waals surface area contributed by atoms with Gasteiger partial charge in [-0.3, -0.25) is 4.79 Å². The lowest BCUT2D eigenvalue weighted by atomic mass is 9.88. The first-order valence-electron chi connectivity index (χ1n) is 14.1. The summed E-state index contributed by atoms with van der Waals surface area (Å²) in [6.07, 6.45) is 3.42. The van der Waals surface area contributed by atoms with E-state index in [9.17, 15) is 4.79 Å². The molecule has 1 N–H and O–H groups in total. The van der Waals surface area contributed by atoms with Gasteiger partial charge in [0.15, 0.2) is 0 Å². The summed E-state index contributed by atoms with van der Waals surface area (Å²) in [6.45, 7) is 7.40. The van der Waals surface area contributed by atoms with Gasteiger partial charge in [-0.1, -0.05) is 48.5 Å². The van der Waals surface area contributed by atoms with Crippen LogP contribution in [0.1, 0.15) is 41.2 Å². The van der Waals surface area contributed by atoms with E-state index >= 15 is 0 Å². The molecule has 2 aliphatic heterocycles. The highest BCUT2D eigenvalue weighted by Crippen LogP contribution is 2.31. The molecule has 0 spiro atoms. The Balaban J connectivity index is 0.990. The Kier molecular flexibility index (Phi) is 7.34. The predicted molar refractivity (Wildman–Crippen MR) is 154 cm³/mol. The monoisotopic (exact) mass is 510 g/mol. The van der Waals surface area contributed by atoms with Crippen LogP contribution in [0.15, 0.2) is 66.7 Å². The Morgan fingerprint density at radius 2 is 1.68 bits per heavy atom. The molecule has 6 nitrogen and oxygen atoms in total. The van der Waals surface area contributed by atoms with Gasteiger partial charge in [0, 0.05) is 43.6 Å². The lowest BCUT2D eigenvalue weighted by Gasteiger charge is -2.32. The second kappa shape index (κ2) is 11.2. The van der Waals surface area contributed by atoms with Gasteiger partial charge < -0.3 is 24.4 Å². The normalized spacial score (nSPS) is 17.9. The van der Waals surface area contributed by atoms with Gasteiger partial charge in [-0.25, -0.2) is 0 Å². The number of likely N-dealkylation sites (N-methyl/N-ethyl adjacent to an activating group) is 1. The minimum absolute atomic E-state index is 0.0762. The fourth-order valence-electron chi connectivity index (χ4n) is 5.97. The average Bonchev–Trinajstić information content (AvgIpc) is 3.41. The van der Waals surface area contributed by atoms with Crippen molar-refractivity contribution in [3.8, 4) is 5.75 Å². The zero-order valence-electron chi connectivity index (χ0n) is 22.4. The van der Waals surface area contributed by atoms with Crippen LogP contribution in [0, 0.1) is 0 Å². The van der Waals surface area contributed by atoms with Gasteiger partial charge in [0.2, 0.25) is 0 Å². The molecule has 2 fully saturated rings. The summed E-state index contributed by atoms with van der Waals surface area (Å²) in [5.74, 6) is 1.58. The first kappa shape index (κ1) is 25.0. The maximum absolute atomic E-state index is 13.0. The molecule has 198 valence electrons. The number of aromatic nitrogens is 1. The fraction of sp³-hybridized carbons (Fsp3) is 0.406. The zero-order valence-corrected chi connectivity index (χ0v) is 22.4. The van der Waals surface area contributed by atoms with Crippen molar-refractivity contribution in [2.45, 2.75) is 25.2 Å². The van der Waals surface area contributed by atoms with Crippen LogP contribution in [-0.4, -0.2) is 85.1 Å². The van der Waals surface area contributed by atoms with Crippen molar-refractivity contribution in [3.63, 3.8) is 0 Å². The smallest absolute Gasteiger partial charge is 0.270 e. The summed E-state index contributed by atoms with van der Waals surface area (Å²) in [6, 6.07) is 23.6. The summed E-state index contributed by atoms with van der Waals surface area (Å²) < 4.78 is 6.22. The number of piperidine rings is 1. The number of piperazine rings is 1. The second-order valence-corrected chi connectivity index (χ2v) is 10.9. The van der Waals surface area contributed by atoms with Crippen LogP contribution in [0.4, 0.5) is 0 Å². The average molecular weight is 511 g/mol. The number of nitrogens with one attached hydrogen (secondary N) is 1. The molecule has 1 amide bonds. The molecule has 0 aliphatic carbocycles. The third-order valence-electron chi connectivity index (χ3n) is 8.35. The number of amides is 1. The molecule has 6 rings (SSSR count). The van der Waals surface area contributed by atoms with Crippen LogP contribution in [0.3, 0.4) is 0 Å². The van der Waals surface area contributed by atoms with E-state index in [4.69, 9.17) is 4.74 Å². The fourth-order valence-corrected chi connectivity index (χ4v) is 5.97. The number of hydrogen-bond acceptors (Lipinski definition) is 4. The SMILES string of the molecule is CN1CCN(C(=O)c2cc3c(OCCCN4CCC(c5ccc6ccccc6c5)CC4)cccc3[nH]2)CC1. The van der Waals surface area contributed by atoms with Gasteiger partial charge >= 0.3 is 0 Å². The topological polar surface area (TPSA) is 51.8 Å². The van der Waals surface area contributed by atoms with Crippen LogP contribution in [0.25, 0.3) is 21.7 Å². The summed E-state index contributed by atoms with van der Waals surface area (Å²) in [5, 5.41) is 3.65. The summed E-state index contributed by atoms with van der Waals surface area (Å²) in [4.78, 5) is 23.1. The maximum Gasteiger partial charge on any atom is 0.270 e. The van der Waals surface area contributed by atoms with E-state index in [2.05, 4.69) is 64.3 Å². The number of nitrogens with zero attached hydrogens (tertiary/aromatic N) is 3. The third kappa shape index (κ3) is 5.42. The molecule has 2 saturated heterocycles. The number of hydrogen-bond donors (Lipinski definition) is 1. The summed E-state index contributed by atoms with van der Waals surface area (Å²) in [7, 11) is 2.10. The highest BCUT2D eigenvalue weighted by Gasteiger charge is 2.23. The lowest BCUT2D eigenvalue weighted by Crippen LogP contribution is -2.47. The molecule has 4 aromatic rings. The number of H-pyrrole nitrogens is 1. The number of aromatic amines is 1. The lowest BCUT2D eigenvalue weighted by molar-refractivity contribution is 0.0659. The van der Waals surface area contributed by atoms with Crippen molar-refractivity contribution in [1.82, 2.24) is 19.7 Å². The molecule has 2 aliphatic rings. The third-order valence-corrected chi connectivity index (χ3v) is 8.35. The Labute approximate surface area is 225 Å². The molecule has 3 heterocycles. The van der Waals surface area contributed by atoms with E-state index in [1.165, 1.54) is 29.2 Å². The minimum atomic E-state index is 0.0762. The molecular weight excluding hydrogens is 472 g/mol. The Morgan fingerprint density at radius 1 is 0.895 bits per heavy atom. The van der Waals surface area contributed by atoms with Gasteiger partial charge in [-0.2, -0.15) is 0 Å². The molecule has 0 bridgehead atoms. The highest BCUT2D eigenvalue weighted by molar-refractivity contribution is 5.99. The van der Waals surface area contributed by atoms with E-state index in [1.807, 2.05) is 29.2 Å². The van der Waals surface area contributed by atoms with Gasteiger partial charge in [0.25, 0.3) is 5.91 Å². The van der Waals surface area contributed by atoms with Crippen molar-refractivity contribution >= 4 is 27.6 Å². The summed E-state index contributed by atoms with van der Waals surface area (Å²) in [5.41, 5.74) is 3.09. The van der Waals surface area contributed by atoms with Crippen LogP contribution < -0.4 is 4.74 Å². The van der Waals surface area contributed by atoms with E-state index < -0.39 is 0 Å². The van der Waals surface area contributed by atoms with Crippen molar-refractivity contribution in [2.24, 2.45) is 0 Å². The largest absolute Gasteiger partial charge is 0.493 e. The molecule has 0 atom stereocenters. The van der Waals surface area contributed by atoms with Crippen molar-refractivity contribution in [1.29, 1.82) is 0 Å². The quantitative estimate of drug-likeness (QED) is 0.340. The molecule has 0 radical (unpaired) electrons. The number of carbonyl (C=O) groups excluding carboxylic acids is 1. The molecule has 0 saturated carbocycles. The predicted octanol–water partition coefficient (Wildman–Crippen LogP) is 5.36. The van der Waals surface area contributed by atoms with Gasteiger partial charge in [0.05, 0.1) is 6.61 Å². The number of ether oxygens (including phenoxy) is 1. The van der Waals surface area contributed by atoms with Crippen LogP contribution >= 0.6 is 0 Å². The Hall–Kier alpha value is -3.35. The Bertz CT molecular complexity index is 1400. The molecule has 1 aromatic heterocycles. The van der Waals surface area contributed by atoms with Crippen molar-refractivity contribution < 1.29 is 9.53 Å². The van der Waals surface area contributed by atoms with Crippen LogP contribution in [-0.2, 0) is 0 Å². The number of carbonyl (C=O) groups is 1. The molecule has 0 unspecified atom stereocenters.